The van der Waals surface area contributed by atoms with E-state index < -0.39 is 24.0 Å². The Morgan fingerprint density at radius 3 is 2.44 bits per heavy atom. The lowest BCUT2D eigenvalue weighted by Crippen LogP contribution is -2.53. The molecular weight excluding hydrogens is 322 g/mol. The van der Waals surface area contributed by atoms with Crippen molar-refractivity contribution >= 4 is 28.7 Å². The van der Waals surface area contributed by atoms with Crippen LogP contribution in [0.5, 0.6) is 0 Å². The molecule has 1 aromatic heterocycles. The van der Waals surface area contributed by atoms with Gasteiger partial charge in [0, 0.05) is 30.4 Å². The fourth-order valence-electron chi connectivity index (χ4n) is 2.74. The molecule has 1 aromatic carbocycles. The number of aromatic nitrogens is 1. The molecule has 134 valence electrons. The molecule has 0 unspecified atom stereocenters. The molecule has 0 saturated carbocycles. The molecule has 7 nitrogen and oxygen atoms in total. The fourth-order valence-corrected chi connectivity index (χ4v) is 2.74. The summed E-state index contributed by atoms with van der Waals surface area (Å²) in [6.45, 7) is 4.90. The Hall–Kier alpha value is -2.83. The van der Waals surface area contributed by atoms with Crippen molar-refractivity contribution in [3.05, 3.63) is 36.0 Å². The number of nitrogens with one attached hydrogen (secondary N) is 3. The molecule has 0 fully saturated rings. The number of rotatable bonds is 7. The molecule has 0 aliphatic rings. The molecule has 7 heteroatoms. The van der Waals surface area contributed by atoms with Crippen LogP contribution in [0.4, 0.5) is 0 Å². The Morgan fingerprint density at radius 1 is 1.16 bits per heavy atom. The van der Waals surface area contributed by atoms with E-state index in [4.69, 9.17) is 0 Å². The van der Waals surface area contributed by atoms with Crippen LogP contribution in [-0.4, -0.2) is 40.0 Å². The van der Waals surface area contributed by atoms with E-state index in [0.29, 0.717) is 0 Å². The Labute approximate surface area is 145 Å². The zero-order valence-corrected chi connectivity index (χ0v) is 14.5. The van der Waals surface area contributed by atoms with Crippen LogP contribution in [0.1, 0.15) is 26.3 Å². The van der Waals surface area contributed by atoms with Gasteiger partial charge in [0.15, 0.2) is 0 Å². The number of benzene rings is 1. The van der Waals surface area contributed by atoms with Gasteiger partial charge in [-0.25, -0.2) is 4.79 Å². The minimum Gasteiger partial charge on any atom is -0.480 e. The van der Waals surface area contributed by atoms with Crippen molar-refractivity contribution in [2.75, 3.05) is 0 Å². The van der Waals surface area contributed by atoms with Crippen LogP contribution in [0.2, 0.25) is 0 Å². The summed E-state index contributed by atoms with van der Waals surface area (Å²) in [7, 11) is 0. The first-order valence-electron chi connectivity index (χ1n) is 8.15. The Morgan fingerprint density at radius 2 is 1.84 bits per heavy atom. The standard InChI is InChI=1S/C18H23N3O4/c1-10(2)16(20-11(3)22)17(23)21-15(18(24)25)8-12-9-19-14-7-5-4-6-13(12)14/h4-7,9-10,15-16,19H,8H2,1-3H3,(H,20,22)(H,21,23)(H,24,25)/t15-,16-/m1/s1. The molecule has 0 aliphatic carbocycles. The van der Waals surface area contributed by atoms with E-state index >= 15 is 0 Å². The predicted octanol–water partition coefficient (Wildman–Crippen LogP) is 1.44. The van der Waals surface area contributed by atoms with Gasteiger partial charge in [0.1, 0.15) is 12.1 Å². The first-order chi connectivity index (χ1) is 11.8. The highest BCUT2D eigenvalue weighted by molar-refractivity contribution is 5.91. The molecule has 0 saturated heterocycles. The third kappa shape index (κ3) is 4.59. The summed E-state index contributed by atoms with van der Waals surface area (Å²) >= 11 is 0. The Kier molecular flexibility index (Phi) is 5.80. The number of carboxylic acids is 1. The number of para-hydroxylation sites is 1. The van der Waals surface area contributed by atoms with Gasteiger partial charge in [-0.15, -0.1) is 0 Å². The van der Waals surface area contributed by atoms with Gasteiger partial charge in [-0.2, -0.15) is 0 Å². The first-order valence-corrected chi connectivity index (χ1v) is 8.15. The van der Waals surface area contributed by atoms with Crippen molar-refractivity contribution in [3.63, 3.8) is 0 Å². The zero-order chi connectivity index (χ0) is 18.6. The largest absolute Gasteiger partial charge is 0.480 e. The summed E-state index contributed by atoms with van der Waals surface area (Å²) in [5, 5.41) is 15.5. The van der Waals surface area contributed by atoms with Crippen molar-refractivity contribution in [2.45, 2.75) is 39.3 Å². The zero-order valence-electron chi connectivity index (χ0n) is 14.5. The molecule has 2 atom stereocenters. The highest BCUT2D eigenvalue weighted by Crippen LogP contribution is 2.19. The van der Waals surface area contributed by atoms with Crippen LogP contribution >= 0.6 is 0 Å². The molecule has 25 heavy (non-hydrogen) atoms. The molecule has 4 N–H and O–H groups in total. The molecule has 1 heterocycles. The monoisotopic (exact) mass is 345 g/mol. The van der Waals surface area contributed by atoms with Gasteiger partial charge in [-0.1, -0.05) is 32.0 Å². The summed E-state index contributed by atoms with van der Waals surface area (Å²) in [5.41, 5.74) is 1.72. The summed E-state index contributed by atoms with van der Waals surface area (Å²) < 4.78 is 0. The number of aromatic amines is 1. The topological polar surface area (TPSA) is 111 Å². The maximum atomic E-state index is 12.4. The van der Waals surface area contributed by atoms with E-state index in [-0.39, 0.29) is 18.2 Å². The maximum absolute atomic E-state index is 12.4. The normalized spacial score (nSPS) is 13.4. The van der Waals surface area contributed by atoms with Crippen molar-refractivity contribution in [1.82, 2.24) is 15.6 Å². The average Bonchev–Trinajstić information content (AvgIpc) is 2.94. The highest BCUT2D eigenvalue weighted by Gasteiger charge is 2.28. The second kappa shape index (κ2) is 7.83. The number of hydrogen-bond acceptors (Lipinski definition) is 3. The van der Waals surface area contributed by atoms with E-state index in [0.717, 1.165) is 16.5 Å². The Bertz CT molecular complexity index is 781. The number of carboxylic acid groups (broad SMARTS) is 1. The number of hydrogen-bond donors (Lipinski definition) is 4. The van der Waals surface area contributed by atoms with E-state index in [2.05, 4.69) is 15.6 Å². The number of amides is 2. The number of fused-ring (bicyclic) bond motifs is 1. The second-order valence-corrected chi connectivity index (χ2v) is 6.39. The number of aliphatic carboxylic acids is 1. The van der Waals surface area contributed by atoms with Gasteiger partial charge in [-0.05, 0) is 17.5 Å². The SMILES string of the molecule is CC(=O)N[C@@H](C(=O)N[C@H](Cc1c[nH]c2ccccc12)C(=O)O)C(C)C. The van der Waals surface area contributed by atoms with Crippen molar-refractivity contribution in [3.8, 4) is 0 Å². The average molecular weight is 345 g/mol. The van der Waals surface area contributed by atoms with E-state index in [1.165, 1.54) is 6.92 Å². The molecule has 2 aromatic rings. The summed E-state index contributed by atoms with van der Waals surface area (Å²) in [4.78, 5) is 38.4. The van der Waals surface area contributed by atoms with Crippen LogP contribution in [0.3, 0.4) is 0 Å². The molecular formula is C18H23N3O4. The number of H-pyrrole nitrogens is 1. The molecule has 0 spiro atoms. The van der Waals surface area contributed by atoms with Crippen LogP contribution < -0.4 is 10.6 Å². The van der Waals surface area contributed by atoms with Gasteiger partial charge in [0.25, 0.3) is 0 Å². The first kappa shape index (κ1) is 18.5. The van der Waals surface area contributed by atoms with Crippen molar-refractivity contribution in [2.24, 2.45) is 5.92 Å². The quantitative estimate of drug-likeness (QED) is 0.608. The van der Waals surface area contributed by atoms with Gasteiger partial charge in [-0.3, -0.25) is 9.59 Å². The van der Waals surface area contributed by atoms with Crippen LogP contribution in [0.15, 0.2) is 30.5 Å². The molecule has 0 aliphatic heterocycles. The van der Waals surface area contributed by atoms with E-state index in [1.54, 1.807) is 20.0 Å². The lowest BCUT2D eigenvalue weighted by Gasteiger charge is -2.23. The Balaban J connectivity index is 2.16. The van der Waals surface area contributed by atoms with Gasteiger partial charge >= 0.3 is 5.97 Å². The third-order valence-electron chi connectivity index (χ3n) is 4.02. The second-order valence-electron chi connectivity index (χ2n) is 6.39. The fraction of sp³-hybridized carbons (Fsp3) is 0.389. The van der Waals surface area contributed by atoms with Crippen molar-refractivity contribution < 1.29 is 19.5 Å². The van der Waals surface area contributed by atoms with E-state index in [9.17, 15) is 19.5 Å². The summed E-state index contributed by atoms with van der Waals surface area (Å²) in [6, 6.07) is 5.71. The van der Waals surface area contributed by atoms with Gasteiger partial charge in [0.2, 0.25) is 11.8 Å². The lowest BCUT2D eigenvalue weighted by molar-refractivity contribution is -0.142. The number of carbonyl (C=O) groups excluding carboxylic acids is 2. The predicted molar refractivity (Wildman–Crippen MR) is 94.0 cm³/mol. The molecule has 0 bridgehead atoms. The molecule has 2 amide bonds. The minimum atomic E-state index is -1.12. The van der Waals surface area contributed by atoms with Crippen LogP contribution in [0, 0.1) is 5.92 Å². The van der Waals surface area contributed by atoms with E-state index in [1.807, 2.05) is 24.3 Å². The maximum Gasteiger partial charge on any atom is 0.326 e. The van der Waals surface area contributed by atoms with Gasteiger partial charge in [0.05, 0.1) is 0 Å². The summed E-state index contributed by atoms with van der Waals surface area (Å²) in [6.07, 6.45) is 1.90. The minimum absolute atomic E-state index is 0.149. The van der Waals surface area contributed by atoms with Crippen LogP contribution in [0.25, 0.3) is 10.9 Å². The smallest absolute Gasteiger partial charge is 0.326 e. The highest BCUT2D eigenvalue weighted by atomic mass is 16.4. The number of carbonyl (C=O) groups is 3. The molecule has 2 rings (SSSR count). The molecule has 0 radical (unpaired) electrons. The van der Waals surface area contributed by atoms with Crippen molar-refractivity contribution in [1.29, 1.82) is 0 Å². The lowest BCUT2D eigenvalue weighted by atomic mass is 10.0. The van der Waals surface area contributed by atoms with Crippen LogP contribution in [-0.2, 0) is 20.8 Å². The summed E-state index contributed by atoms with van der Waals surface area (Å²) in [5.74, 6) is -2.12. The van der Waals surface area contributed by atoms with Gasteiger partial charge < -0.3 is 20.7 Å². The third-order valence-corrected chi connectivity index (χ3v) is 4.02.